The molecule has 0 saturated carbocycles. The maximum atomic E-state index is 11.8. The molecule has 0 aliphatic carbocycles. The first-order valence-electron chi connectivity index (χ1n) is 6.90. The first kappa shape index (κ1) is 16.8. The van der Waals surface area contributed by atoms with Gasteiger partial charge in [-0.15, -0.1) is 0 Å². The summed E-state index contributed by atoms with van der Waals surface area (Å²) >= 11 is 0. The predicted molar refractivity (Wildman–Crippen MR) is 76.8 cm³/mol. The standard InChI is InChI=1S/C12H27N3O3S/c1-11(2)13-5-4-8-19(16,17)14-9-12-10-15(3)6-7-18-12/h11-14H,4-10H2,1-3H3. The van der Waals surface area contributed by atoms with Crippen LogP contribution in [0.3, 0.4) is 0 Å². The fourth-order valence-corrected chi connectivity index (χ4v) is 3.04. The van der Waals surface area contributed by atoms with E-state index in [2.05, 4.69) is 14.9 Å². The van der Waals surface area contributed by atoms with Crippen LogP contribution in [0.5, 0.6) is 0 Å². The van der Waals surface area contributed by atoms with E-state index in [1.54, 1.807) is 0 Å². The number of hydrogen-bond acceptors (Lipinski definition) is 5. The summed E-state index contributed by atoms with van der Waals surface area (Å²) in [6, 6.07) is 0.391. The molecule has 2 N–H and O–H groups in total. The van der Waals surface area contributed by atoms with E-state index < -0.39 is 10.0 Å². The van der Waals surface area contributed by atoms with Gasteiger partial charge in [-0.2, -0.15) is 0 Å². The Hall–Kier alpha value is -0.210. The summed E-state index contributed by atoms with van der Waals surface area (Å²) in [5.41, 5.74) is 0. The lowest BCUT2D eigenvalue weighted by atomic mass is 10.3. The van der Waals surface area contributed by atoms with Gasteiger partial charge >= 0.3 is 0 Å². The van der Waals surface area contributed by atoms with Gasteiger partial charge in [0.25, 0.3) is 0 Å². The first-order valence-corrected chi connectivity index (χ1v) is 8.55. The lowest BCUT2D eigenvalue weighted by Crippen LogP contribution is -2.46. The molecular weight excluding hydrogens is 266 g/mol. The molecular formula is C12H27N3O3S. The van der Waals surface area contributed by atoms with Crippen molar-refractivity contribution in [3.8, 4) is 0 Å². The molecule has 0 aromatic rings. The van der Waals surface area contributed by atoms with Gasteiger partial charge in [-0.05, 0) is 20.0 Å². The van der Waals surface area contributed by atoms with Gasteiger partial charge in [0.15, 0.2) is 0 Å². The second-order valence-corrected chi connectivity index (χ2v) is 7.31. The second kappa shape index (κ2) is 8.16. The van der Waals surface area contributed by atoms with Crippen LogP contribution in [0.25, 0.3) is 0 Å². The minimum atomic E-state index is -3.18. The molecule has 1 atom stereocenters. The number of morpholine rings is 1. The number of nitrogens with one attached hydrogen (secondary N) is 2. The van der Waals surface area contributed by atoms with Gasteiger partial charge in [0.2, 0.25) is 10.0 Å². The number of rotatable bonds is 8. The number of sulfonamides is 1. The van der Waals surface area contributed by atoms with E-state index >= 15 is 0 Å². The van der Waals surface area contributed by atoms with Crippen molar-refractivity contribution >= 4 is 10.0 Å². The Morgan fingerprint density at radius 3 is 2.79 bits per heavy atom. The molecule has 1 fully saturated rings. The van der Waals surface area contributed by atoms with Crippen molar-refractivity contribution in [2.45, 2.75) is 32.4 Å². The van der Waals surface area contributed by atoms with E-state index in [0.717, 1.165) is 19.6 Å². The van der Waals surface area contributed by atoms with Crippen LogP contribution in [0.15, 0.2) is 0 Å². The molecule has 6 nitrogen and oxygen atoms in total. The summed E-state index contributed by atoms with van der Waals surface area (Å²) in [5.74, 6) is 0.162. The molecule has 7 heteroatoms. The van der Waals surface area contributed by atoms with Crippen LogP contribution in [0.2, 0.25) is 0 Å². The summed E-state index contributed by atoms with van der Waals surface area (Å²) in [6.45, 7) is 7.53. The Morgan fingerprint density at radius 2 is 2.16 bits per heavy atom. The monoisotopic (exact) mass is 293 g/mol. The molecule has 1 aliphatic heterocycles. The van der Waals surface area contributed by atoms with E-state index in [1.165, 1.54) is 0 Å². The highest BCUT2D eigenvalue weighted by Crippen LogP contribution is 2.02. The number of hydrogen-bond donors (Lipinski definition) is 2. The molecule has 0 amide bonds. The highest BCUT2D eigenvalue weighted by atomic mass is 32.2. The van der Waals surface area contributed by atoms with E-state index in [-0.39, 0.29) is 11.9 Å². The maximum absolute atomic E-state index is 11.8. The third-order valence-corrected chi connectivity index (χ3v) is 4.45. The Balaban J connectivity index is 2.19. The maximum Gasteiger partial charge on any atom is 0.211 e. The van der Waals surface area contributed by atoms with Crippen LogP contribution in [0.4, 0.5) is 0 Å². The van der Waals surface area contributed by atoms with Crippen LogP contribution >= 0.6 is 0 Å². The topological polar surface area (TPSA) is 70.7 Å². The van der Waals surface area contributed by atoms with Crippen LogP contribution in [-0.4, -0.2) is 71.0 Å². The van der Waals surface area contributed by atoms with Gasteiger partial charge in [-0.3, -0.25) is 0 Å². The Bertz CT molecular complexity index is 346. The zero-order valence-electron chi connectivity index (χ0n) is 12.2. The Labute approximate surface area is 116 Å². The van der Waals surface area contributed by atoms with Crippen molar-refractivity contribution in [3.05, 3.63) is 0 Å². The summed E-state index contributed by atoms with van der Waals surface area (Å²) in [5, 5.41) is 3.21. The summed E-state index contributed by atoms with van der Waals surface area (Å²) in [7, 11) is -1.17. The van der Waals surface area contributed by atoms with Crippen molar-refractivity contribution in [3.63, 3.8) is 0 Å². The molecule has 1 aliphatic rings. The molecule has 1 saturated heterocycles. The van der Waals surface area contributed by atoms with E-state index in [1.807, 2.05) is 20.9 Å². The molecule has 1 heterocycles. The molecule has 0 aromatic heterocycles. The highest BCUT2D eigenvalue weighted by Gasteiger charge is 2.19. The number of ether oxygens (including phenoxy) is 1. The number of likely N-dealkylation sites (N-methyl/N-ethyl adjacent to an activating group) is 1. The largest absolute Gasteiger partial charge is 0.374 e. The van der Waals surface area contributed by atoms with Crippen molar-refractivity contribution in [1.29, 1.82) is 0 Å². The molecule has 0 bridgehead atoms. The minimum absolute atomic E-state index is 0.0395. The zero-order valence-corrected chi connectivity index (χ0v) is 13.0. The molecule has 1 rings (SSSR count). The summed E-state index contributed by atoms with van der Waals surface area (Å²) < 4.78 is 31.7. The normalized spacial score (nSPS) is 22.0. The first-order chi connectivity index (χ1) is 8.89. The predicted octanol–water partition coefficient (Wildman–Crippen LogP) is -0.375. The van der Waals surface area contributed by atoms with Crippen molar-refractivity contribution in [2.24, 2.45) is 0 Å². The van der Waals surface area contributed by atoms with E-state index in [9.17, 15) is 8.42 Å². The average Bonchev–Trinajstić information content (AvgIpc) is 2.32. The highest BCUT2D eigenvalue weighted by molar-refractivity contribution is 7.89. The molecule has 0 aromatic carbocycles. The van der Waals surface area contributed by atoms with Gasteiger partial charge in [0.05, 0.1) is 18.5 Å². The average molecular weight is 293 g/mol. The molecule has 19 heavy (non-hydrogen) atoms. The van der Waals surface area contributed by atoms with Crippen LogP contribution in [0.1, 0.15) is 20.3 Å². The summed E-state index contributed by atoms with van der Waals surface area (Å²) in [6.07, 6.45) is 0.584. The SMILES string of the molecule is CC(C)NCCCS(=O)(=O)NCC1CN(C)CCO1. The zero-order chi connectivity index (χ0) is 14.3. The fraction of sp³-hybridized carbons (Fsp3) is 1.00. The fourth-order valence-electron chi connectivity index (χ4n) is 1.94. The molecule has 114 valence electrons. The van der Waals surface area contributed by atoms with Crippen LogP contribution in [-0.2, 0) is 14.8 Å². The quantitative estimate of drug-likeness (QED) is 0.597. The van der Waals surface area contributed by atoms with Crippen LogP contribution in [0, 0.1) is 0 Å². The van der Waals surface area contributed by atoms with Crippen molar-refractivity contribution in [2.75, 3.05) is 45.6 Å². The van der Waals surface area contributed by atoms with E-state index in [0.29, 0.717) is 25.6 Å². The van der Waals surface area contributed by atoms with Gasteiger partial charge in [-0.25, -0.2) is 13.1 Å². The third kappa shape index (κ3) is 7.84. The summed E-state index contributed by atoms with van der Waals surface area (Å²) in [4.78, 5) is 2.15. The molecule has 0 radical (unpaired) electrons. The lowest BCUT2D eigenvalue weighted by Gasteiger charge is -2.30. The van der Waals surface area contributed by atoms with E-state index in [4.69, 9.17) is 4.74 Å². The van der Waals surface area contributed by atoms with Crippen LogP contribution < -0.4 is 10.0 Å². The minimum Gasteiger partial charge on any atom is -0.374 e. The molecule has 0 spiro atoms. The second-order valence-electron chi connectivity index (χ2n) is 5.38. The van der Waals surface area contributed by atoms with Crippen molar-refractivity contribution < 1.29 is 13.2 Å². The van der Waals surface area contributed by atoms with Gasteiger partial charge < -0.3 is 15.0 Å². The lowest BCUT2D eigenvalue weighted by molar-refractivity contribution is -0.0156. The third-order valence-electron chi connectivity index (χ3n) is 3.02. The molecule has 1 unspecified atom stereocenters. The van der Waals surface area contributed by atoms with Crippen molar-refractivity contribution in [1.82, 2.24) is 14.9 Å². The smallest absolute Gasteiger partial charge is 0.211 e. The van der Waals surface area contributed by atoms with Gasteiger partial charge in [-0.1, -0.05) is 13.8 Å². The Kier molecular flexibility index (Phi) is 7.23. The van der Waals surface area contributed by atoms with Gasteiger partial charge in [0.1, 0.15) is 0 Å². The number of nitrogens with zero attached hydrogens (tertiary/aromatic N) is 1. The Morgan fingerprint density at radius 1 is 1.42 bits per heavy atom. The van der Waals surface area contributed by atoms with Gasteiger partial charge in [0, 0.05) is 25.7 Å².